The fraction of sp³-hybridized carbons (Fsp3) is 1.00. The van der Waals surface area contributed by atoms with Crippen molar-refractivity contribution in [1.29, 1.82) is 0 Å². The molecule has 4 nitrogen and oxygen atoms in total. The summed E-state index contributed by atoms with van der Waals surface area (Å²) in [6.07, 6.45) is 0.302. The van der Waals surface area contributed by atoms with Gasteiger partial charge in [0, 0.05) is 11.1 Å². The fourth-order valence-corrected chi connectivity index (χ4v) is 0.464. The van der Waals surface area contributed by atoms with Crippen molar-refractivity contribution >= 4 is 9.04 Å². The van der Waals surface area contributed by atoms with Gasteiger partial charge in [0.25, 0.3) is 0 Å². The van der Waals surface area contributed by atoms with Gasteiger partial charge in [-0.1, -0.05) is 5.11 Å². The molecule has 0 aromatic rings. The third-order valence-corrected chi connectivity index (χ3v) is 1.10. The van der Waals surface area contributed by atoms with Gasteiger partial charge in [-0.15, -0.1) is 0 Å². The molecule has 1 unspecified atom stereocenters. The normalized spacial score (nSPS) is 12.3. The highest BCUT2D eigenvalue weighted by atomic mass is 28.3. The average Bonchev–Trinajstić information content (AvgIpc) is 1.61. The van der Waals surface area contributed by atoms with E-state index < -0.39 is 9.04 Å². The summed E-state index contributed by atoms with van der Waals surface area (Å²) in [6, 6.07) is 0. The Morgan fingerprint density at radius 2 is 2.57 bits per heavy atom. The van der Waals surface area contributed by atoms with Crippen LogP contribution in [0.1, 0.15) is 0 Å². The first-order valence-corrected chi connectivity index (χ1v) is 4.45. The van der Waals surface area contributed by atoms with Crippen molar-refractivity contribution in [2.45, 2.75) is 6.55 Å². The van der Waals surface area contributed by atoms with E-state index in [4.69, 9.17) is 10.3 Å². The van der Waals surface area contributed by atoms with Crippen molar-refractivity contribution in [3.63, 3.8) is 0 Å². The maximum Gasteiger partial charge on any atom is 0.175 e. The van der Waals surface area contributed by atoms with E-state index in [1.165, 1.54) is 0 Å². The smallest absolute Gasteiger partial charge is 0.175 e. The number of rotatable bonds is 2. The van der Waals surface area contributed by atoms with Gasteiger partial charge in [-0.25, -0.2) is 0 Å². The molecule has 5 heteroatoms. The van der Waals surface area contributed by atoms with E-state index in [0.717, 1.165) is 0 Å². The van der Waals surface area contributed by atoms with Crippen molar-refractivity contribution in [1.82, 2.24) is 0 Å². The molecule has 0 aliphatic carbocycles. The zero-order valence-corrected chi connectivity index (χ0v) is 5.23. The topological polar surface area (TPSA) is 69.0 Å². The van der Waals surface area contributed by atoms with Crippen LogP contribution in [0.25, 0.3) is 10.4 Å². The standard InChI is InChI=1S/C2H7N3OSi/c1-7(6)2-4-5-3/h6-7H,2H2,1H3. The average molecular weight is 117 g/mol. The van der Waals surface area contributed by atoms with Crippen LogP contribution in [0.2, 0.25) is 6.55 Å². The Morgan fingerprint density at radius 1 is 2.00 bits per heavy atom. The first-order chi connectivity index (χ1) is 3.27. The molecule has 1 N–H and O–H groups in total. The summed E-state index contributed by atoms with van der Waals surface area (Å²) >= 11 is 0. The minimum atomic E-state index is -1.61. The Labute approximate surface area is 43.1 Å². The minimum Gasteiger partial charge on any atom is -0.435 e. The zero-order chi connectivity index (χ0) is 5.70. The number of nitrogens with zero attached hydrogens (tertiary/aromatic N) is 3. The Morgan fingerprint density at radius 3 is 2.71 bits per heavy atom. The molecule has 7 heavy (non-hydrogen) atoms. The zero-order valence-electron chi connectivity index (χ0n) is 4.07. The van der Waals surface area contributed by atoms with E-state index in [1.807, 2.05) is 0 Å². The Balaban J connectivity index is 3.13. The van der Waals surface area contributed by atoms with Gasteiger partial charge < -0.3 is 4.80 Å². The van der Waals surface area contributed by atoms with Crippen LogP contribution in [0, 0.1) is 0 Å². The van der Waals surface area contributed by atoms with Gasteiger partial charge in [0.05, 0.1) is 0 Å². The van der Waals surface area contributed by atoms with Crippen molar-refractivity contribution in [2.24, 2.45) is 5.11 Å². The monoisotopic (exact) mass is 117 g/mol. The maximum atomic E-state index is 8.56. The SMILES string of the molecule is C[SiH](O)CN=[N+]=[N-]. The molecule has 0 saturated carbocycles. The van der Waals surface area contributed by atoms with Crippen LogP contribution in [-0.4, -0.2) is 20.0 Å². The number of azide groups is 1. The Bertz CT molecular complexity index is 86.9. The van der Waals surface area contributed by atoms with E-state index in [9.17, 15) is 0 Å². The first kappa shape index (κ1) is 6.49. The highest BCUT2D eigenvalue weighted by molar-refractivity contribution is 6.48. The predicted molar refractivity (Wildman–Crippen MR) is 29.2 cm³/mol. The molecule has 0 aliphatic heterocycles. The molecule has 0 heterocycles. The Hall–Kier alpha value is -0.513. The molecule has 0 aromatic carbocycles. The van der Waals surface area contributed by atoms with Crippen LogP contribution in [-0.2, 0) is 0 Å². The molecule has 0 radical (unpaired) electrons. The number of hydrogen-bond donors (Lipinski definition) is 1. The van der Waals surface area contributed by atoms with Crippen molar-refractivity contribution in [3.05, 3.63) is 10.4 Å². The lowest BCUT2D eigenvalue weighted by Gasteiger charge is -1.87. The van der Waals surface area contributed by atoms with Gasteiger partial charge in [-0.3, -0.25) is 0 Å². The van der Waals surface area contributed by atoms with Crippen LogP contribution in [0.4, 0.5) is 0 Å². The summed E-state index contributed by atoms with van der Waals surface area (Å²) < 4.78 is 0. The first-order valence-electron chi connectivity index (χ1n) is 1.96. The second-order valence-corrected chi connectivity index (χ2v) is 3.33. The highest BCUT2D eigenvalue weighted by Gasteiger charge is 1.90. The molecule has 0 rings (SSSR count). The van der Waals surface area contributed by atoms with Crippen LogP contribution < -0.4 is 0 Å². The maximum absolute atomic E-state index is 8.56. The van der Waals surface area contributed by atoms with E-state index in [1.54, 1.807) is 6.55 Å². The summed E-state index contributed by atoms with van der Waals surface area (Å²) in [5, 5.41) is 3.16. The quantitative estimate of drug-likeness (QED) is 0.238. The summed E-state index contributed by atoms with van der Waals surface area (Å²) in [5.74, 6) is 0. The molecule has 0 saturated heterocycles. The van der Waals surface area contributed by atoms with Crippen LogP contribution in [0.3, 0.4) is 0 Å². The summed E-state index contributed by atoms with van der Waals surface area (Å²) in [7, 11) is -1.61. The molecule has 0 aliphatic rings. The molecule has 0 spiro atoms. The third-order valence-electron chi connectivity index (χ3n) is 0.409. The van der Waals surface area contributed by atoms with Crippen molar-refractivity contribution in [2.75, 3.05) is 6.17 Å². The fourth-order valence-electron chi connectivity index (χ4n) is 0.155. The van der Waals surface area contributed by atoms with Gasteiger partial charge in [0.15, 0.2) is 9.04 Å². The molecule has 1 atom stereocenters. The lowest BCUT2D eigenvalue weighted by Crippen LogP contribution is -2.09. The lowest BCUT2D eigenvalue weighted by molar-refractivity contribution is 0.578. The highest BCUT2D eigenvalue weighted by Crippen LogP contribution is 1.74. The second-order valence-electron chi connectivity index (χ2n) is 1.26. The Kier molecular flexibility index (Phi) is 3.40. The van der Waals surface area contributed by atoms with Crippen LogP contribution in [0.5, 0.6) is 0 Å². The largest absolute Gasteiger partial charge is 0.435 e. The van der Waals surface area contributed by atoms with Crippen LogP contribution in [0.15, 0.2) is 5.11 Å². The molecule has 0 fully saturated rings. The molecule has 0 aromatic heterocycles. The van der Waals surface area contributed by atoms with Crippen molar-refractivity contribution in [3.8, 4) is 0 Å². The lowest BCUT2D eigenvalue weighted by atomic mass is 11.5. The van der Waals surface area contributed by atoms with Gasteiger partial charge in [-0.05, 0) is 12.1 Å². The molecular formula is C2H7N3OSi. The minimum absolute atomic E-state index is 0.302. The molecular weight excluding hydrogens is 110 g/mol. The van der Waals surface area contributed by atoms with E-state index in [-0.39, 0.29) is 0 Å². The van der Waals surface area contributed by atoms with E-state index in [2.05, 4.69) is 10.0 Å². The predicted octanol–water partition coefficient (Wildman–Crippen LogP) is 0.182. The number of hydrogen-bond acceptors (Lipinski definition) is 2. The van der Waals surface area contributed by atoms with Crippen molar-refractivity contribution < 1.29 is 4.80 Å². The second kappa shape index (κ2) is 3.67. The summed E-state index contributed by atoms with van der Waals surface area (Å²) in [5.41, 5.74) is 7.68. The van der Waals surface area contributed by atoms with Gasteiger partial charge in [0.2, 0.25) is 0 Å². The van der Waals surface area contributed by atoms with Gasteiger partial charge in [-0.2, -0.15) is 0 Å². The molecule has 0 bridgehead atoms. The van der Waals surface area contributed by atoms with E-state index >= 15 is 0 Å². The third kappa shape index (κ3) is 5.49. The summed E-state index contributed by atoms with van der Waals surface area (Å²) in [6.45, 7) is 1.70. The van der Waals surface area contributed by atoms with E-state index in [0.29, 0.717) is 6.17 Å². The van der Waals surface area contributed by atoms with Gasteiger partial charge in [0.1, 0.15) is 0 Å². The van der Waals surface area contributed by atoms with Crippen LogP contribution >= 0.6 is 0 Å². The molecule has 0 amide bonds. The molecule has 40 valence electrons. The van der Waals surface area contributed by atoms with Gasteiger partial charge >= 0.3 is 0 Å². The summed E-state index contributed by atoms with van der Waals surface area (Å²) in [4.78, 5) is 11.0.